The van der Waals surface area contributed by atoms with Crippen molar-refractivity contribution < 1.29 is 28.9 Å². The molecule has 2 heterocycles. The Kier molecular flexibility index (Phi) is 2.52. The highest BCUT2D eigenvalue weighted by Crippen LogP contribution is 2.66. The molecule has 0 saturated carbocycles. The van der Waals surface area contributed by atoms with Crippen LogP contribution < -0.4 is 9.47 Å². The number of aliphatic hydroxyl groups is 1. The minimum Gasteiger partial charge on any atom is -0.445 e. The molecule has 2 aliphatic carbocycles. The Morgan fingerprint density at radius 1 is 1.04 bits per heavy atom. The fraction of sp³-hybridized carbons (Fsp3) is 0.200. The maximum atomic E-state index is 12.9. The van der Waals surface area contributed by atoms with Crippen LogP contribution in [0.2, 0.25) is 0 Å². The van der Waals surface area contributed by atoms with E-state index in [4.69, 9.17) is 25.8 Å². The van der Waals surface area contributed by atoms with Crippen molar-refractivity contribution in [3.8, 4) is 11.5 Å². The Labute approximate surface area is 157 Å². The van der Waals surface area contributed by atoms with Crippen molar-refractivity contribution in [1.29, 1.82) is 0 Å². The lowest BCUT2D eigenvalue weighted by Gasteiger charge is -2.43. The zero-order valence-electron chi connectivity index (χ0n) is 13.6. The molecule has 6 rings (SSSR count). The minimum absolute atomic E-state index is 0.211. The molecule has 0 radical (unpaired) electrons. The molecule has 0 unspecified atom stereocenters. The van der Waals surface area contributed by atoms with Crippen molar-refractivity contribution in [3.05, 3.63) is 59.7 Å². The molecule has 1 spiro atoms. The summed E-state index contributed by atoms with van der Waals surface area (Å²) < 4.78 is 18.0. The third kappa shape index (κ3) is 1.46. The number of ether oxygens (including phenoxy) is 3. The summed E-state index contributed by atoms with van der Waals surface area (Å²) in [7, 11) is 0. The molecule has 0 aromatic heterocycles. The standard InChI is InChI=1S/C20H11ClO6/c21-11-9-18(20-15(23)8-7-14(22)19(20,27-20)17(11)24)25-12-5-1-3-10-4-2-6-13(26-18)16(10)12/h1-9,14,22H/t14-,19+,20-/m1/s1. The van der Waals surface area contributed by atoms with Gasteiger partial charge in [0.25, 0.3) is 5.60 Å². The molecule has 1 saturated heterocycles. The predicted molar refractivity (Wildman–Crippen MR) is 93.6 cm³/mol. The first-order valence-electron chi connectivity index (χ1n) is 8.39. The molecular formula is C20H11ClO6. The summed E-state index contributed by atoms with van der Waals surface area (Å²) in [6.07, 6.45) is 2.33. The van der Waals surface area contributed by atoms with Crippen LogP contribution >= 0.6 is 11.6 Å². The molecule has 3 atom stereocenters. The lowest BCUT2D eigenvalue weighted by molar-refractivity contribution is -0.157. The highest BCUT2D eigenvalue weighted by molar-refractivity contribution is 6.45. The van der Waals surface area contributed by atoms with E-state index >= 15 is 0 Å². The van der Waals surface area contributed by atoms with Crippen LogP contribution in [-0.4, -0.2) is 39.8 Å². The van der Waals surface area contributed by atoms with Gasteiger partial charge in [-0.2, -0.15) is 0 Å². The van der Waals surface area contributed by atoms with Gasteiger partial charge in [-0.25, -0.2) is 0 Å². The Morgan fingerprint density at radius 2 is 1.70 bits per heavy atom. The van der Waals surface area contributed by atoms with E-state index in [1.807, 2.05) is 24.3 Å². The van der Waals surface area contributed by atoms with E-state index in [-0.39, 0.29) is 5.03 Å². The quantitative estimate of drug-likeness (QED) is 0.702. The first-order chi connectivity index (χ1) is 13.0. The normalized spacial score (nSPS) is 34.4. The molecule has 27 heavy (non-hydrogen) atoms. The molecule has 7 heteroatoms. The molecule has 4 aliphatic rings. The Morgan fingerprint density at radius 3 is 2.37 bits per heavy atom. The van der Waals surface area contributed by atoms with Crippen LogP contribution in [0.3, 0.4) is 0 Å². The van der Waals surface area contributed by atoms with Gasteiger partial charge in [-0.3, -0.25) is 9.59 Å². The Balaban J connectivity index is 1.65. The number of epoxide rings is 1. The van der Waals surface area contributed by atoms with Crippen LogP contribution in [0.4, 0.5) is 0 Å². The second-order valence-corrected chi connectivity index (χ2v) is 7.40. The zero-order chi connectivity index (χ0) is 18.6. The van der Waals surface area contributed by atoms with Gasteiger partial charge in [0.15, 0.2) is 5.78 Å². The van der Waals surface area contributed by atoms with E-state index in [0.29, 0.717) is 11.5 Å². The van der Waals surface area contributed by atoms with Gasteiger partial charge in [0.05, 0.1) is 10.4 Å². The maximum Gasteiger partial charge on any atom is 0.313 e. The molecule has 2 aromatic carbocycles. The summed E-state index contributed by atoms with van der Waals surface area (Å²) in [6.45, 7) is 0. The van der Waals surface area contributed by atoms with Gasteiger partial charge in [0.1, 0.15) is 17.6 Å². The maximum absolute atomic E-state index is 12.9. The van der Waals surface area contributed by atoms with Gasteiger partial charge < -0.3 is 19.3 Å². The van der Waals surface area contributed by atoms with Crippen LogP contribution in [0.5, 0.6) is 11.5 Å². The van der Waals surface area contributed by atoms with E-state index in [1.54, 1.807) is 12.1 Å². The number of carbonyl (C=O) groups is 2. The first kappa shape index (κ1) is 15.4. The van der Waals surface area contributed by atoms with Crippen molar-refractivity contribution in [2.45, 2.75) is 23.1 Å². The summed E-state index contributed by atoms with van der Waals surface area (Å²) in [6, 6.07) is 10.9. The number of halogens is 1. The SMILES string of the molecule is O=C1C(Cl)=CC2(Oc3cccc4cccc(c34)O2)[C@@]23O[C@@]12[C@H](O)C=CC3=O. The van der Waals surface area contributed by atoms with E-state index in [0.717, 1.165) is 10.8 Å². The number of ketones is 2. The fourth-order valence-electron chi connectivity index (χ4n) is 4.50. The average Bonchev–Trinajstić information content (AvgIpc) is 3.39. The molecule has 1 fully saturated rings. The van der Waals surface area contributed by atoms with Crippen molar-refractivity contribution >= 4 is 33.9 Å². The molecule has 2 aromatic rings. The van der Waals surface area contributed by atoms with Crippen LogP contribution in [0, 0.1) is 0 Å². The van der Waals surface area contributed by atoms with Crippen LogP contribution in [0.15, 0.2) is 59.7 Å². The Bertz CT molecular complexity index is 1110. The molecular weight excluding hydrogens is 372 g/mol. The highest BCUT2D eigenvalue weighted by Gasteiger charge is 2.93. The van der Waals surface area contributed by atoms with E-state index in [1.165, 1.54) is 18.2 Å². The first-order valence-corrected chi connectivity index (χ1v) is 8.77. The van der Waals surface area contributed by atoms with Crippen molar-refractivity contribution in [1.82, 2.24) is 0 Å². The molecule has 2 aliphatic heterocycles. The third-order valence-corrected chi connectivity index (χ3v) is 5.98. The number of benzene rings is 2. The monoisotopic (exact) mass is 382 g/mol. The van der Waals surface area contributed by atoms with Crippen molar-refractivity contribution in [2.75, 3.05) is 0 Å². The topological polar surface area (TPSA) is 85.4 Å². The predicted octanol–water partition coefficient (Wildman–Crippen LogP) is 2.02. The summed E-state index contributed by atoms with van der Waals surface area (Å²) >= 11 is 6.19. The van der Waals surface area contributed by atoms with Crippen LogP contribution in [0.1, 0.15) is 0 Å². The summed E-state index contributed by atoms with van der Waals surface area (Å²) in [5, 5.41) is 11.9. The molecule has 0 bridgehead atoms. The summed E-state index contributed by atoms with van der Waals surface area (Å²) in [5.41, 5.74) is -3.68. The number of rotatable bonds is 0. The second kappa shape index (κ2) is 4.42. The smallest absolute Gasteiger partial charge is 0.313 e. The zero-order valence-corrected chi connectivity index (χ0v) is 14.4. The lowest BCUT2D eigenvalue weighted by atomic mass is 9.69. The van der Waals surface area contributed by atoms with Crippen molar-refractivity contribution in [2.24, 2.45) is 0 Å². The van der Waals surface area contributed by atoms with E-state index in [2.05, 4.69) is 0 Å². The molecule has 134 valence electrons. The number of hydrogen-bond acceptors (Lipinski definition) is 6. The van der Waals surface area contributed by atoms with Gasteiger partial charge in [-0.05, 0) is 29.7 Å². The van der Waals surface area contributed by atoms with E-state index < -0.39 is 34.7 Å². The lowest BCUT2D eigenvalue weighted by Crippen LogP contribution is -2.67. The second-order valence-electron chi connectivity index (χ2n) is 6.99. The van der Waals surface area contributed by atoms with Crippen LogP contribution in [-0.2, 0) is 14.3 Å². The van der Waals surface area contributed by atoms with Crippen LogP contribution in [0.25, 0.3) is 10.8 Å². The summed E-state index contributed by atoms with van der Waals surface area (Å²) in [4.78, 5) is 25.7. The number of Topliss-reactive ketones (excluding diaryl/α,β-unsaturated/α-hetero) is 1. The largest absolute Gasteiger partial charge is 0.445 e. The van der Waals surface area contributed by atoms with Gasteiger partial charge in [0, 0.05) is 6.08 Å². The number of hydrogen-bond donors (Lipinski definition) is 1. The molecule has 6 nitrogen and oxygen atoms in total. The number of aliphatic hydroxyl groups excluding tert-OH is 1. The van der Waals surface area contributed by atoms with Gasteiger partial charge in [-0.15, -0.1) is 0 Å². The number of carbonyl (C=O) groups excluding carboxylic acids is 2. The molecule has 1 N–H and O–H groups in total. The summed E-state index contributed by atoms with van der Waals surface area (Å²) in [5.74, 6) is -2.04. The van der Waals surface area contributed by atoms with Gasteiger partial charge in [0.2, 0.25) is 11.4 Å². The third-order valence-electron chi connectivity index (χ3n) is 5.70. The highest BCUT2D eigenvalue weighted by atomic mass is 35.5. The minimum atomic E-state index is -1.84. The fourth-order valence-corrected chi connectivity index (χ4v) is 4.78. The average molecular weight is 383 g/mol. The van der Waals surface area contributed by atoms with Crippen molar-refractivity contribution in [3.63, 3.8) is 0 Å². The Hall–Kier alpha value is -2.67. The van der Waals surface area contributed by atoms with Gasteiger partial charge >= 0.3 is 5.79 Å². The van der Waals surface area contributed by atoms with E-state index in [9.17, 15) is 14.7 Å². The molecule has 0 amide bonds. The van der Waals surface area contributed by atoms with Gasteiger partial charge in [-0.1, -0.05) is 35.9 Å².